The Morgan fingerprint density at radius 3 is 2.53 bits per heavy atom. The van der Waals surface area contributed by atoms with Gasteiger partial charge in [-0.25, -0.2) is 15.0 Å². The molecule has 5 heteroatoms. The van der Waals surface area contributed by atoms with E-state index in [0.717, 1.165) is 11.1 Å². The second kappa shape index (κ2) is 3.91. The van der Waals surface area contributed by atoms with Crippen LogP contribution in [0.1, 0.15) is 0 Å². The average Bonchev–Trinajstić information content (AvgIpc) is 2.30. The number of hydrogen-bond acceptors (Lipinski definition) is 5. The van der Waals surface area contributed by atoms with E-state index in [1.807, 2.05) is 12.1 Å². The molecule has 0 atom stereocenters. The van der Waals surface area contributed by atoms with Crippen LogP contribution in [0.25, 0.3) is 11.1 Å². The summed E-state index contributed by atoms with van der Waals surface area (Å²) < 4.78 is 5.02. The maximum absolute atomic E-state index is 5.40. The molecule has 2 aromatic rings. The summed E-state index contributed by atoms with van der Waals surface area (Å²) in [6.07, 6.45) is 5.00. The van der Waals surface area contributed by atoms with Crippen molar-refractivity contribution in [3.63, 3.8) is 0 Å². The van der Waals surface area contributed by atoms with Crippen molar-refractivity contribution in [3.8, 4) is 17.0 Å². The predicted molar refractivity (Wildman–Crippen MR) is 56.2 cm³/mol. The lowest BCUT2D eigenvalue weighted by Crippen LogP contribution is -1.94. The third-order valence-corrected chi connectivity index (χ3v) is 1.95. The van der Waals surface area contributed by atoms with Crippen molar-refractivity contribution in [1.29, 1.82) is 0 Å². The van der Waals surface area contributed by atoms with E-state index in [1.54, 1.807) is 25.7 Å². The standard InChI is InChI=1S/C10H10N4O/c1-15-9-4-7(2-3-12-9)8-5-13-10(11)14-6-8/h2-6H,1H3,(H2,11,13,14). The topological polar surface area (TPSA) is 73.9 Å². The van der Waals surface area contributed by atoms with Gasteiger partial charge in [0.25, 0.3) is 0 Å². The number of anilines is 1. The molecule has 2 rings (SSSR count). The summed E-state index contributed by atoms with van der Waals surface area (Å²) in [7, 11) is 1.57. The Morgan fingerprint density at radius 2 is 1.87 bits per heavy atom. The van der Waals surface area contributed by atoms with Gasteiger partial charge in [0.2, 0.25) is 11.8 Å². The lowest BCUT2D eigenvalue weighted by molar-refractivity contribution is 0.398. The van der Waals surface area contributed by atoms with Gasteiger partial charge in [0.15, 0.2) is 0 Å². The summed E-state index contributed by atoms with van der Waals surface area (Å²) in [5.41, 5.74) is 7.23. The van der Waals surface area contributed by atoms with Crippen LogP contribution in [0.15, 0.2) is 30.7 Å². The highest BCUT2D eigenvalue weighted by Crippen LogP contribution is 2.20. The van der Waals surface area contributed by atoms with E-state index in [2.05, 4.69) is 15.0 Å². The molecule has 0 fully saturated rings. The molecule has 5 nitrogen and oxygen atoms in total. The summed E-state index contributed by atoms with van der Waals surface area (Å²) >= 11 is 0. The molecule has 0 saturated carbocycles. The van der Waals surface area contributed by atoms with Crippen LogP contribution in [-0.4, -0.2) is 22.1 Å². The van der Waals surface area contributed by atoms with Crippen LogP contribution in [-0.2, 0) is 0 Å². The lowest BCUT2D eigenvalue weighted by Gasteiger charge is -2.02. The Hall–Kier alpha value is -2.17. The maximum atomic E-state index is 5.40. The van der Waals surface area contributed by atoms with E-state index < -0.39 is 0 Å². The summed E-state index contributed by atoms with van der Waals surface area (Å²) in [6.45, 7) is 0. The number of hydrogen-bond donors (Lipinski definition) is 1. The molecule has 0 unspecified atom stereocenters. The minimum Gasteiger partial charge on any atom is -0.481 e. The van der Waals surface area contributed by atoms with Gasteiger partial charge in [0.05, 0.1) is 7.11 Å². The van der Waals surface area contributed by atoms with E-state index >= 15 is 0 Å². The highest BCUT2D eigenvalue weighted by molar-refractivity contribution is 5.62. The summed E-state index contributed by atoms with van der Waals surface area (Å²) in [5, 5.41) is 0. The van der Waals surface area contributed by atoms with Gasteiger partial charge in [-0.05, 0) is 11.6 Å². The molecule has 0 aliphatic heterocycles. The smallest absolute Gasteiger partial charge is 0.219 e. The molecule has 0 amide bonds. The largest absolute Gasteiger partial charge is 0.481 e. The number of nitrogens with two attached hydrogens (primary N) is 1. The minimum absolute atomic E-state index is 0.264. The van der Waals surface area contributed by atoms with E-state index in [4.69, 9.17) is 10.5 Å². The zero-order valence-corrected chi connectivity index (χ0v) is 8.21. The van der Waals surface area contributed by atoms with Gasteiger partial charge in [0, 0.05) is 30.2 Å². The molecule has 15 heavy (non-hydrogen) atoms. The molecule has 0 spiro atoms. The zero-order chi connectivity index (χ0) is 10.7. The fourth-order valence-corrected chi connectivity index (χ4v) is 1.19. The Balaban J connectivity index is 2.40. The third-order valence-electron chi connectivity index (χ3n) is 1.95. The molecule has 0 saturated heterocycles. The fourth-order valence-electron chi connectivity index (χ4n) is 1.19. The van der Waals surface area contributed by atoms with Crippen molar-refractivity contribution < 1.29 is 4.74 Å². The van der Waals surface area contributed by atoms with Gasteiger partial charge in [0.1, 0.15) is 0 Å². The molecule has 2 N–H and O–H groups in total. The first kappa shape index (κ1) is 9.39. The van der Waals surface area contributed by atoms with Gasteiger partial charge in [-0.2, -0.15) is 0 Å². The quantitative estimate of drug-likeness (QED) is 0.790. The molecule has 0 aliphatic carbocycles. The molecule has 0 radical (unpaired) electrons. The van der Waals surface area contributed by atoms with Gasteiger partial charge in [-0.1, -0.05) is 0 Å². The molecular formula is C10H10N4O. The second-order valence-electron chi connectivity index (χ2n) is 2.92. The minimum atomic E-state index is 0.264. The van der Waals surface area contributed by atoms with E-state index in [1.165, 1.54) is 0 Å². The Labute approximate surface area is 87.0 Å². The number of ether oxygens (including phenoxy) is 1. The van der Waals surface area contributed by atoms with Crippen LogP contribution >= 0.6 is 0 Å². The van der Waals surface area contributed by atoms with Crippen molar-refractivity contribution in [3.05, 3.63) is 30.7 Å². The van der Waals surface area contributed by atoms with Crippen molar-refractivity contribution >= 4 is 5.95 Å². The van der Waals surface area contributed by atoms with Gasteiger partial charge >= 0.3 is 0 Å². The number of rotatable bonds is 2. The Morgan fingerprint density at radius 1 is 1.13 bits per heavy atom. The Kier molecular flexibility index (Phi) is 2.45. The van der Waals surface area contributed by atoms with Crippen molar-refractivity contribution in [2.75, 3.05) is 12.8 Å². The van der Waals surface area contributed by atoms with Gasteiger partial charge in [-0.15, -0.1) is 0 Å². The number of aromatic nitrogens is 3. The molecule has 2 heterocycles. The number of methoxy groups -OCH3 is 1. The number of pyridine rings is 1. The van der Waals surface area contributed by atoms with Crippen molar-refractivity contribution in [1.82, 2.24) is 15.0 Å². The first-order chi connectivity index (χ1) is 7.29. The van der Waals surface area contributed by atoms with E-state index in [-0.39, 0.29) is 5.95 Å². The Bertz CT molecular complexity index is 455. The summed E-state index contributed by atoms with van der Waals surface area (Å²) in [5.74, 6) is 0.823. The highest BCUT2D eigenvalue weighted by atomic mass is 16.5. The van der Waals surface area contributed by atoms with Crippen molar-refractivity contribution in [2.24, 2.45) is 0 Å². The van der Waals surface area contributed by atoms with Crippen LogP contribution in [0.4, 0.5) is 5.95 Å². The predicted octanol–water partition coefficient (Wildman–Crippen LogP) is 1.13. The third kappa shape index (κ3) is 2.01. The molecular weight excluding hydrogens is 192 g/mol. The van der Waals surface area contributed by atoms with Crippen molar-refractivity contribution in [2.45, 2.75) is 0 Å². The summed E-state index contributed by atoms with van der Waals surface area (Å²) in [4.78, 5) is 11.8. The molecule has 0 bridgehead atoms. The average molecular weight is 202 g/mol. The first-order valence-electron chi connectivity index (χ1n) is 4.37. The van der Waals surface area contributed by atoms with Gasteiger partial charge < -0.3 is 10.5 Å². The monoisotopic (exact) mass is 202 g/mol. The van der Waals surface area contributed by atoms with Crippen LogP contribution in [0.2, 0.25) is 0 Å². The van der Waals surface area contributed by atoms with Crippen LogP contribution in [0.5, 0.6) is 5.88 Å². The van der Waals surface area contributed by atoms with Crippen LogP contribution in [0.3, 0.4) is 0 Å². The van der Waals surface area contributed by atoms with Crippen LogP contribution < -0.4 is 10.5 Å². The molecule has 0 aliphatic rings. The van der Waals surface area contributed by atoms with Gasteiger partial charge in [-0.3, -0.25) is 0 Å². The SMILES string of the molecule is COc1cc(-c2cnc(N)nc2)ccn1. The first-order valence-corrected chi connectivity index (χ1v) is 4.37. The maximum Gasteiger partial charge on any atom is 0.219 e. The molecule has 76 valence electrons. The normalized spacial score (nSPS) is 9.93. The molecule has 2 aromatic heterocycles. The second-order valence-corrected chi connectivity index (χ2v) is 2.92. The van der Waals surface area contributed by atoms with Crippen LogP contribution in [0, 0.1) is 0 Å². The zero-order valence-electron chi connectivity index (χ0n) is 8.21. The fraction of sp³-hybridized carbons (Fsp3) is 0.100. The van der Waals surface area contributed by atoms with E-state index in [9.17, 15) is 0 Å². The van der Waals surface area contributed by atoms with E-state index in [0.29, 0.717) is 5.88 Å². The highest BCUT2D eigenvalue weighted by Gasteiger charge is 2.01. The lowest BCUT2D eigenvalue weighted by atomic mass is 10.1. The molecule has 0 aromatic carbocycles. The summed E-state index contributed by atoms with van der Waals surface area (Å²) in [6, 6.07) is 3.67. The number of nitrogens with zero attached hydrogens (tertiary/aromatic N) is 3. The number of nitrogen functional groups attached to an aromatic ring is 1.